The van der Waals surface area contributed by atoms with Crippen LogP contribution in [-0.2, 0) is 33.7 Å². The Morgan fingerprint density at radius 3 is 1.17 bits per heavy atom. The van der Waals surface area contributed by atoms with Crippen LogP contribution in [0.2, 0.25) is 0 Å². The zero-order valence-corrected chi connectivity index (χ0v) is 32.4. The van der Waals surface area contributed by atoms with E-state index in [9.17, 15) is 22.8 Å². The molecule has 0 heterocycles. The summed E-state index contributed by atoms with van der Waals surface area (Å²) in [5.74, 6) is -1.94. The van der Waals surface area contributed by atoms with Gasteiger partial charge in [-0.3, -0.25) is 14.4 Å². The van der Waals surface area contributed by atoms with Gasteiger partial charge in [-0.05, 0) is 26.9 Å². The molecule has 0 N–H and O–H groups in total. The lowest BCUT2D eigenvalue weighted by Gasteiger charge is -2.23. The van der Waals surface area contributed by atoms with Gasteiger partial charge >= 0.3 is 11.9 Å². The van der Waals surface area contributed by atoms with Crippen molar-refractivity contribution in [3.8, 4) is 0 Å². The number of carbonyl (C=O) groups excluding carboxylic acids is 3. The Kier molecular flexibility index (Phi) is 31.4. The van der Waals surface area contributed by atoms with Gasteiger partial charge < -0.3 is 19.3 Å². The van der Waals surface area contributed by atoms with Gasteiger partial charge in [-0.1, -0.05) is 142 Å². The minimum Gasteiger partial charge on any atom is -0.464 e. The van der Waals surface area contributed by atoms with Gasteiger partial charge in [-0.25, -0.2) is 8.42 Å². The molecular weight excluding hydrogens is 628 g/mol. The molecule has 0 radical (unpaired) electrons. The van der Waals surface area contributed by atoms with Gasteiger partial charge in [0.2, 0.25) is 5.91 Å². The van der Waals surface area contributed by atoms with E-state index >= 15 is 0 Å². The molecule has 0 saturated heterocycles. The van der Waals surface area contributed by atoms with Crippen molar-refractivity contribution in [2.45, 2.75) is 168 Å². The molecule has 0 aromatic heterocycles. The molecule has 1 amide bonds. The molecule has 10 heteroatoms. The topological polar surface area (TPSA) is 110 Å². The summed E-state index contributed by atoms with van der Waals surface area (Å²) >= 11 is 0. The molecule has 0 aliphatic rings. The standard InChI is InChI=1S/C38H74N2O7S/c1-5-7-9-11-13-15-17-19-21-23-25-27-37(42)46-32-29-40(36(41)35-48(44,45)34-31-39(3)4)30-33-47-38(43)28-26-24-22-20-18-16-14-12-10-8-6-2/h5-35H2,1-4H3. The zero-order valence-electron chi connectivity index (χ0n) is 31.6. The van der Waals surface area contributed by atoms with Crippen LogP contribution in [0.25, 0.3) is 0 Å². The number of nitrogens with zero attached hydrogens (tertiary/aromatic N) is 2. The Hall–Kier alpha value is -1.68. The highest BCUT2D eigenvalue weighted by Gasteiger charge is 2.22. The van der Waals surface area contributed by atoms with Crippen LogP contribution in [0.1, 0.15) is 168 Å². The van der Waals surface area contributed by atoms with Crippen molar-refractivity contribution in [2.24, 2.45) is 0 Å². The molecule has 9 nitrogen and oxygen atoms in total. The average molecular weight is 703 g/mol. The first-order valence-corrected chi connectivity index (χ1v) is 21.4. The summed E-state index contributed by atoms with van der Waals surface area (Å²) in [5.41, 5.74) is 0. The van der Waals surface area contributed by atoms with Gasteiger partial charge in [0.1, 0.15) is 19.0 Å². The largest absolute Gasteiger partial charge is 0.464 e. The summed E-state index contributed by atoms with van der Waals surface area (Å²) in [5, 5.41) is 0. The SMILES string of the molecule is CCCCCCCCCCCCCC(=O)OCCN(CCOC(=O)CCCCCCCCCCCCC)C(=O)CS(=O)(=O)CCN(C)C. The van der Waals surface area contributed by atoms with Crippen LogP contribution >= 0.6 is 0 Å². The fourth-order valence-electron chi connectivity index (χ4n) is 5.59. The number of hydrogen-bond acceptors (Lipinski definition) is 8. The van der Waals surface area contributed by atoms with E-state index in [1.54, 1.807) is 19.0 Å². The minimum absolute atomic E-state index is 0.0208. The van der Waals surface area contributed by atoms with E-state index in [-0.39, 0.29) is 44.0 Å². The van der Waals surface area contributed by atoms with Crippen LogP contribution < -0.4 is 0 Å². The second-order valence-corrected chi connectivity index (χ2v) is 16.0. The highest BCUT2D eigenvalue weighted by atomic mass is 32.2. The van der Waals surface area contributed by atoms with Gasteiger partial charge in [-0.15, -0.1) is 0 Å². The van der Waals surface area contributed by atoms with Crippen molar-refractivity contribution in [1.82, 2.24) is 9.80 Å². The first-order chi connectivity index (χ1) is 23.1. The van der Waals surface area contributed by atoms with Crippen molar-refractivity contribution >= 4 is 27.7 Å². The van der Waals surface area contributed by atoms with Crippen LogP contribution in [0.15, 0.2) is 0 Å². The lowest BCUT2D eigenvalue weighted by Crippen LogP contribution is -2.41. The fourth-order valence-corrected chi connectivity index (χ4v) is 6.93. The summed E-state index contributed by atoms with van der Waals surface area (Å²) in [4.78, 5) is 40.6. The molecule has 0 aliphatic heterocycles. The van der Waals surface area contributed by atoms with Gasteiger partial charge in [0.05, 0.1) is 18.8 Å². The molecule has 284 valence electrons. The molecule has 0 spiro atoms. The summed E-state index contributed by atoms with van der Waals surface area (Å²) < 4.78 is 35.8. The average Bonchev–Trinajstić information content (AvgIpc) is 3.04. The molecular formula is C38H74N2O7S. The molecule has 48 heavy (non-hydrogen) atoms. The lowest BCUT2D eigenvalue weighted by atomic mass is 10.1. The van der Waals surface area contributed by atoms with Crippen molar-refractivity contribution < 1.29 is 32.3 Å². The van der Waals surface area contributed by atoms with Crippen LogP contribution in [0.4, 0.5) is 0 Å². The van der Waals surface area contributed by atoms with E-state index in [0.717, 1.165) is 38.5 Å². The van der Waals surface area contributed by atoms with E-state index in [2.05, 4.69) is 13.8 Å². The molecule has 0 bridgehead atoms. The predicted molar refractivity (Wildman–Crippen MR) is 198 cm³/mol. The lowest BCUT2D eigenvalue weighted by molar-refractivity contribution is -0.147. The number of rotatable bonds is 35. The number of amides is 1. The van der Waals surface area contributed by atoms with Crippen LogP contribution in [-0.4, -0.2) is 94.5 Å². The number of sulfone groups is 1. The number of carbonyl (C=O) groups is 3. The number of unbranched alkanes of at least 4 members (excludes halogenated alkanes) is 20. The molecule has 0 aliphatic carbocycles. The highest BCUT2D eigenvalue weighted by Crippen LogP contribution is 2.13. The molecule has 0 fully saturated rings. The monoisotopic (exact) mass is 703 g/mol. The third kappa shape index (κ3) is 31.6. The van der Waals surface area contributed by atoms with Crippen LogP contribution in [0.5, 0.6) is 0 Å². The Morgan fingerprint density at radius 2 is 0.833 bits per heavy atom. The number of esters is 2. The van der Waals surface area contributed by atoms with Gasteiger partial charge in [0, 0.05) is 19.4 Å². The van der Waals surface area contributed by atoms with Crippen LogP contribution in [0.3, 0.4) is 0 Å². The fraction of sp³-hybridized carbons (Fsp3) is 0.921. The third-order valence-corrected chi connectivity index (χ3v) is 10.3. The quantitative estimate of drug-likeness (QED) is 0.0480. The summed E-state index contributed by atoms with van der Waals surface area (Å²) in [6.07, 6.45) is 27.1. The summed E-state index contributed by atoms with van der Waals surface area (Å²) in [7, 11) is -0.0562. The van der Waals surface area contributed by atoms with Crippen molar-refractivity contribution in [3.05, 3.63) is 0 Å². The van der Waals surface area contributed by atoms with E-state index in [0.29, 0.717) is 19.4 Å². The molecule has 0 unspecified atom stereocenters. The second-order valence-electron chi connectivity index (χ2n) is 13.8. The van der Waals surface area contributed by atoms with Crippen molar-refractivity contribution in [2.75, 3.05) is 58.4 Å². The minimum atomic E-state index is -3.61. The van der Waals surface area contributed by atoms with E-state index < -0.39 is 21.5 Å². The first-order valence-electron chi connectivity index (χ1n) is 19.6. The van der Waals surface area contributed by atoms with Gasteiger partial charge in [0.25, 0.3) is 0 Å². The smallest absolute Gasteiger partial charge is 0.305 e. The molecule has 0 aromatic rings. The maximum atomic E-state index is 13.0. The number of hydrogen-bond donors (Lipinski definition) is 0. The van der Waals surface area contributed by atoms with E-state index in [1.165, 1.54) is 108 Å². The van der Waals surface area contributed by atoms with Crippen molar-refractivity contribution in [3.63, 3.8) is 0 Å². The maximum absolute atomic E-state index is 13.0. The van der Waals surface area contributed by atoms with E-state index in [1.807, 2.05) is 0 Å². The van der Waals surface area contributed by atoms with Gasteiger partial charge in [0.15, 0.2) is 9.84 Å². The summed E-state index contributed by atoms with van der Waals surface area (Å²) in [6.45, 7) is 4.86. The normalized spacial score (nSPS) is 11.6. The third-order valence-electron chi connectivity index (χ3n) is 8.76. The molecule has 0 saturated carbocycles. The first kappa shape index (κ1) is 46.3. The molecule has 0 rings (SSSR count). The van der Waals surface area contributed by atoms with Crippen LogP contribution in [0, 0.1) is 0 Å². The van der Waals surface area contributed by atoms with Crippen molar-refractivity contribution in [1.29, 1.82) is 0 Å². The van der Waals surface area contributed by atoms with Gasteiger partial charge in [-0.2, -0.15) is 0 Å². The molecule has 0 atom stereocenters. The second kappa shape index (κ2) is 32.5. The maximum Gasteiger partial charge on any atom is 0.305 e. The van der Waals surface area contributed by atoms with E-state index in [4.69, 9.17) is 9.47 Å². The highest BCUT2D eigenvalue weighted by molar-refractivity contribution is 7.92. The zero-order chi connectivity index (χ0) is 35.7. The number of ether oxygens (including phenoxy) is 2. The Bertz CT molecular complexity index is 851. The predicted octanol–water partition coefficient (Wildman–Crippen LogP) is 8.28. The molecule has 0 aromatic carbocycles. The summed E-state index contributed by atoms with van der Waals surface area (Å²) in [6, 6.07) is 0. The Labute approximate surface area is 295 Å². The Balaban J connectivity index is 4.40. The Morgan fingerprint density at radius 1 is 0.500 bits per heavy atom.